The van der Waals surface area contributed by atoms with Gasteiger partial charge < -0.3 is 24.3 Å². The molecule has 1 aliphatic heterocycles. The van der Waals surface area contributed by atoms with Gasteiger partial charge in [0, 0.05) is 0 Å². The SMILES string of the molecule is CCC(Oc1ccc(OC)cc1)C(=O)NC(C)c1ccc2c(c1)OCCO2. The van der Waals surface area contributed by atoms with Crippen molar-refractivity contribution in [2.45, 2.75) is 32.4 Å². The fraction of sp³-hybridized carbons (Fsp3) is 0.381. The Morgan fingerprint density at radius 1 is 1.07 bits per heavy atom. The van der Waals surface area contributed by atoms with Crippen LogP contribution in [0.25, 0.3) is 0 Å². The van der Waals surface area contributed by atoms with Crippen molar-refractivity contribution in [1.82, 2.24) is 5.32 Å². The molecule has 1 amide bonds. The highest BCUT2D eigenvalue weighted by Gasteiger charge is 2.22. The third-order valence-electron chi connectivity index (χ3n) is 4.43. The van der Waals surface area contributed by atoms with E-state index in [4.69, 9.17) is 18.9 Å². The van der Waals surface area contributed by atoms with Gasteiger partial charge in [0.15, 0.2) is 17.6 Å². The number of hydrogen-bond donors (Lipinski definition) is 1. The highest BCUT2D eigenvalue weighted by Crippen LogP contribution is 2.32. The summed E-state index contributed by atoms with van der Waals surface area (Å²) in [5, 5.41) is 3.01. The summed E-state index contributed by atoms with van der Waals surface area (Å²) in [5.74, 6) is 2.66. The lowest BCUT2D eigenvalue weighted by Crippen LogP contribution is -2.39. The van der Waals surface area contributed by atoms with E-state index in [1.54, 1.807) is 31.4 Å². The van der Waals surface area contributed by atoms with Crippen LogP contribution in [0.1, 0.15) is 31.9 Å². The Hall–Kier alpha value is -2.89. The standard InChI is InChI=1S/C21H25NO5/c1-4-18(27-17-8-6-16(24-3)7-9-17)21(23)22-14(2)15-5-10-19-20(13-15)26-12-11-25-19/h5-10,13-14,18H,4,11-12H2,1-3H3,(H,22,23). The second-order valence-electron chi connectivity index (χ2n) is 6.32. The predicted octanol–water partition coefficient (Wildman–Crippen LogP) is 3.50. The van der Waals surface area contributed by atoms with E-state index in [2.05, 4.69) is 5.32 Å². The van der Waals surface area contributed by atoms with Gasteiger partial charge in [0.1, 0.15) is 24.7 Å². The van der Waals surface area contributed by atoms with Gasteiger partial charge in [-0.1, -0.05) is 13.0 Å². The first-order valence-electron chi connectivity index (χ1n) is 9.11. The van der Waals surface area contributed by atoms with Gasteiger partial charge in [0.25, 0.3) is 5.91 Å². The lowest BCUT2D eigenvalue weighted by atomic mass is 10.1. The maximum absolute atomic E-state index is 12.7. The Bertz CT molecular complexity index is 775. The van der Waals surface area contributed by atoms with Gasteiger partial charge in [0.05, 0.1) is 13.2 Å². The zero-order valence-electron chi connectivity index (χ0n) is 15.9. The van der Waals surface area contributed by atoms with Crippen LogP contribution in [0.4, 0.5) is 0 Å². The zero-order valence-corrected chi connectivity index (χ0v) is 15.9. The molecule has 1 heterocycles. The highest BCUT2D eigenvalue weighted by molar-refractivity contribution is 5.81. The summed E-state index contributed by atoms with van der Waals surface area (Å²) < 4.78 is 22.1. The van der Waals surface area contributed by atoms with E-state index in [9.17, 15) is 4.79 Å². The number of amides is 1. The number of rotatable bonds is 7. The van der Waals surface area contributed by atoms with E-state index in [-0.39, 0.29) is 11.9 Å². The largest absolute Gasteiger partial charge is 0.497 e. The molecule has 0 aliphatic carbocycles. The molecular formula is C21H25NO5. The Morgan fingerprint density at radius 3 is 2.41 bits per heavy atom. The van der Waals surface area contributed by atoms with Crippen molar-refractivity contribution in [3.8, 4) is 23.0 Å². The minimum Gasteiger partial charge on any atom is -0.497 e. The van der Waals surface area contributed by atoms with E-state index in [1.807, 2.05) is 32.0 Å². The van der Waals surface area contributed by atoms with Crippen molar-refractivity contribution < 1.29 is 23.7 Å². The molecule has 2 unspecified atom stereocenters. The van der Waals surface area contributed by atoms with Gasteiger partial charge in [-0.2, -0.15) is 0 Å². The van der Waals surface area contributed by atoms with Crippen molar-refractivity contribution in [2.75, 3.05) is 20.3 Å². The van der Waals surface area contributed by atoms with Crippen molar-refractivity contribution in [2.24, 2.45) is 0 Å². The van der Waals surface area contributed by atoms with Gasteiger partial charge in [0.2, 0.25) is 0 Å². The summed E-state index contributed by atoms with van der Waals surface area (Å²) in [5.41, 5.74) is 0.951. The molecule has 27 heavy (non-hydrogen) atoms. The van der Waals surface area contributed by atoms with E-state index in [0.29, 0.717) is 31.1 Å². The summed E-state index contributed by atoms with van der Waals surface area (Å²) >= 11 is 0. The molecule has 1 N–H and O–H groups in total. The van der Waals surface area contributed by atoms with Crippen LogP contribution >= 0.6 is 0 Å². The average molecular weight is 371 g/mol. The number of ether oxygens (including phenoxy) is 4. The molecule has 0 saturated carbocycles. The number of carbonyl (C=O) groups excluding carboxylic acids is 1. The van der Waals surface area contributed by atoms with Crippen LogP contribution in [0.15, 0.2) is 42.5 Å². The summed E-state index contributed by atoms with van der Waals surface area (Å²) in [6.45, 7) is 4.94. The fourth-order valence-electron chi connectivity index (χ4n) is 2.86. The zero-order chi connectivity index (χ0) is 19.2. The molecule has 0 radical (unpaired) electrons. The maximum Gasteiger partial charge on any atom is 0.261 e. The fourth-order valence-corrected chi connectivity index (χ4v) is 2.86. The molecule has 1 aliphatic rings. The minimum atomic E-state index is -0.571. The summed E-state index contributed by atoms with van der Waals surface area (Å²) in [7, 11) is 1.61. The Kier molecular flexibility index (Phi) is 6.06. The number of benzene rings is 2. The summed E-state index contributed by atoms with van der Waals surface area (Å²) in [4.78, 5) is 12.7. The summed E-state index contributed by atoms with van der Waals surface area (Å²) in [6, 6.07) is 12.7. The molecule has 0 aromatic heterocycles. The first-order valence-corrected chi connectivity index (χ1v) is 9.11. The van der Waals surface area contributed by atoms with E-state index in [1.165, 1.54) is 0 Å². The van der Waals surface area contributed by atoms with Crippen LogP contribution in [0.5, 0.6) is 23.0 Å². The van der Waals surface area contributed by atoms with Crippen LogP contribution in [0.2, 0.25) is 0 Å². The molecule has 0 saturated heterocycles. The lowest BCUT2D eigenvalue weighted by molar-refractivity contribution is -0.128. The van der Waals surface area contributed by atoms with Crippen molar-refractivity contribution in [1.29, 1.82) is 0 Å². The third-order valence-corrected chi connectivity index (χ3v) is 4.43. The third kappa shape index (κ3) is 4.64. The Balaban J connectivity index is 1.63. The second-order valence-corrected chi connectivity index (χ2v) is 6.32. The molecule has 2 atom stereocenters. The summed E-state index contributed by atoms with van der Waals surface area (Å²) in [6.07, 6.45) is -0.0100. The topological polar surface area (TPSA) is 66.0 Å². The number of nitrogens with one attached hydrogen (secondary N) is 1. The molecule has 144 valence electrons. The van der Waals surface area contributed by atoms with Gasteiger partial charge in [-0.15, -0.1) is 0 Å². The van der Waals surface area contributed by atoms with Crippen molar-refractivity contribution in [3.63, 3.8) is 0 Å². The molecule has 0 fully saturated rings. The predicted molar refractivity (Wildman–Crippen MR) is 102 cm³/mol. The van der Waals surface area contributed by atoms with Crippen LogP contribution in [0, 0.1) is 0 Å². The van der Waals surface area contributed by atoms with Gasteiger partial charge in [-0.05, 0) is 55.3 Å². The molecular weight excluding hydrogens is 346 g/mol. The molecule has 0 bridgehead atoms. The Morgan fingerprint density at radius 2 is 1.74 bits per heavy atom. The molecule has 2 aromatic carbocycles. The first kappa shape index (κ1) is 18.9. The number of carbonyl (C=O) groups is 1. The molecule has 0 spiro atoms. The normalized spacial score (nSPS) is 14.8. The molecule has 6 heteroatoms. The van der Waals surface area contributed by atoms with Gasteiger partial charge in [-0.3, -0.25) is 4.79 Å². The number of methoxy groups -OCH3 is 1. The number of hydrogen-bond acceptors (Lipinski definition) is 5. The monoisotopic (exact) mass is 371 g/mol. The quantitative estimate of drug-likeness (QED) is 0.807. The Labute approximate surface area is 159 Å². The van der Waals surface area contributed by atoms with Crippen molar-refractivity contribution in [3.05, 3.63) is 48.0 Å². The van der Waals surface area contributed by atoms with Crippen LogP contribution < -0.4 is 24.3 Å². The van der Waals surface area contributed by atoms with Gasteiger partial charge in [-0.25, -0.2) is 0 Å². The van der Waals surface area contributed by atoms with E-state index in [0.717, 1.165) is 17.1 Å². The lowest BCUT2D eigenvalue weighted by Gasteiger charge is -2.23. The van der Waals surface area contributed by atoms with Crippen LogP contribution in [-0.2, 0) is 4.79 Å². The van der Waals surface area contributed by atoms with Gasteiger partial charge >= 0.3 is 0 Å². The van der Waals surface area contributed by atoms with E-state index >= 15 is 0 Å². The highest BCUT2D eigenvalue weighted by atomic mass is 16.6. The van der Waals surface area contributed by atoms with Crippen molar-refractivity contribution >= 4 is 5.91 Å². The smallest absolute Gasteiger partial charge is 0.261 e. The number of fused-ring (bicyclic) bond motifs is 1. The second kappa shape index (κ2) is 8.66. The van der Waals surface area contributed by atoms with Crippen LogP contribution in [-0.4, -0.2) is 32.3 Å². The molecule has 2 aromatic rings. The maximum atomic E-state index is 12.7. The first-order chi connectivity index (χ1) is 13.1. The minimum absolute atomic E-state index is 0.157. The van der Waals surface area contributed by atoms with E-state index < -0.39 is 6.10 Å². The van der Waals surface area contributed by atoms with Crippen LogP contribution in [0.3, 0.4) is 0 Å². The molecule has 3 rings (SSSR count). The molecule has 6 nitrogen and oxygen atoms in total. The average Bonchev–Trinajstić information content (AvgIpc) is 2.71.